The summed E-state index contributed by atoms with van der Waals surface area (Å²) in [7, 11) is 1.85. The van der Waals surface area contributed by atoms with Gasteiger partial charge in [-0.1, -0.05) is 24.3 Å². The second-order valence-electron chi connectivity index (χ2n) is 8.75. The van der Waals surface area contributed by atoms with E-state index in [1.54, 1.807) is 21.8 Å². The van der Waals surface area contributed by atoms with Crippen molar-refractivity contribution < 1.29 is 14.6 Å². The van der Waals surface area contributed by atoms with Gasteiger partial charge in [-0.15, -0.1) is 0 Å². The Bertz CT molecular complexity index is 1140. The molecule has 0 aliphatic carbocycles. The van der Waals surface area contributed by atoms with Gasteiger partial charge in [-0.05, 0) is 35.7 Å². The van der Waals surface area contributed by atoms with Crippen LogP contribution in [0.25, 0.3) is 0 Å². The van der Waals surface area contributed by atoms with Crippen LogP contribution in [0.15, 0.2) is 54.9 Å². The normalized spacial score (nSPS) is 17.0. The van der Waals surface area contributed by atoms with Crippen LogP contribution in [0.4, 0.5) is 11.4 Å². The zero-order valence-corrected chi connectivity index (χ0v) is 18.8. The Labute approximate surface area is 193 Å². The highest BCUT2D eigenvalue weighted by Crippen LogP contribution is 2.28. The molecule has 2 aliphatic heterocycles. The third-order valence-electron chi connectivity index (χ3n) is 6.22. The summed E-state index contributed by atoms with van der Waals surface area (Å²) in [5, 5.41) is 18.2. The van der Waals surface area contributed by atoms with Gasteiger partial charge in [0.25, 0.3) is 5.91 Å². The molecule has 1 amide bonds. The molecule has 0 bridgehead atoms. The quantitative estimate of drug-likeness (QED) is 0.604. The Morgan fingerprint density at radius 3 is 2.79 bits per heavy atom. The number of rotatable bonds is 6. The first-order chi connectivity index (χ1) is 16.0. The molecule has 8 nitrogen and oxygen atoms in total. The number of amides is 1. The maximum Gasteiger partial charge on any atom is 0.257 e. The highest BCUT2D eigenvalue weighted by molar-refractivity contribution is 5.98. The number of hydrogen-bond acceptors (Lipinski definition) is 6. The summed E-state index contributed by atoms with van der Waals surface area (Å²) in [5.74, 6) is 0.446. The Morgan fingerprint density at radius 2 is 1.97 bits per heavy atom. The third kappa shape index (κ3) is 4.86. The summed E-state index contributed by atoms with van der Waals surface area (Å²) in [6, 6.07) is 14.0. The van der Waals surface area contributed by atoms with Crippen LogP contribution >= 0.6 is 0 Å². The van der Waals surface area contributed by atoms with Crippen molar-refractivity contribution in [2.75, 3.05) is 38.1 Å². The molecule has 0 fully saturated rings. The molecule has 33 heavy (non-hydrogen) atoms. The van der Waals surface area contributed by atoms with E-state index in [1.165, 1.54) is 11.1 Å². The molecule has 0 saturated heterocycles. The monoisotopic (exact) mass is 447 g/mol. The van der Waals surface area contributed by atoms with Gasteiger partial charge in [0.05, 0.1) is 30.1 Å². The van der Waals surface area contributed by atoms with E-state index in [9.17, 15) is 9.90 Å². The highest BCUT2D eigenvalue weighted by Gasteiger charge is 2.27. The SMILES string of the molecule is Cn1cc(Nc2ccc3c(c2)C(=O)N(C[C@H](O)CN2CCc4ccccc4C2)CCO3)cn1. The zero-order chi connectivity index (χ0) is 22.8. The molecule has 0 unspecified atom stereocenters. The van der Waals surface area contributed by atoms with Gasteiger partial charge in [0, 0.05) is 45.1 Å². The molecule has 2 aliphatic rings. The minimum atomic E-state index is -0.627. The average Bonchev–Trinajstić information content (AvgIpc) is 3.16. The van der Waals surface area contributed by atoms with Gasteiger partial charge in [0.15, 0.2) is 0 Å². The Kier molecular flexibility index (Phi) is 6.02. The van der Waals surface area contributed by atoms with Gasteiger partial charge >= 0.3 is 0 Å². The number of benzene rings is 2. The Balaban J connectivity index is 1.24. The first-order valence-corrected chi connectivity index (χ1v) is 11.3. The molecule has 3 aromatic rings. The van der Waals surface area contributed by atoms with Crippen molar-refractivity contribution in [2.24, 2.45) is 7.05 Å². The van der Waals surface area contributed by atoms with Crippen LogP contribution < -0.4 is 10.1 Å². The predicted molar refractivity (Wildman–Crippen MR) is 126 cm³/mol. The minimum Gasteiger partial charge on any atom is -0.491 e. The van der Waals surface area contributed by atoms with Gasteiger partial charge in [-0.2, -0.15) is 5.10 Å². The number of fused-ring (bicyclic) bond motifs is 2. The number of aromatic nitrogens is 2. The molecule has 8 heteroatoms. The van der Waals surface area contributed by atoms with Gasteiger partial charge in [0.2, 0.25) is 0 Å². The number of carbonyl (C=O) groups excluding carboxylic acids is 1. The second kappa shape index (κ2) is 9.25. The van der Waals surface area contributed by atoms with Crippen molar-refractivity contribution in [1.29, 1.82) is 0 Å². The lowest BCUT2D eigenvalue weighted by molar-refractivity contribution is 0.0501. The largest absolute Gasteiger partial charge is 0.491 e. The van der Waals surface area contributed by atoms with Crippen molar-refractivity contribution in [3.05, 3.63) is 71.5 Å². The standard InChI is InChI=1S/C25H29N5O3/c1-28-15-21(13-26-28)27-20-6-7-24-23(12-20)25(32)30(10-11-33-24)17-22(31)16-29-9-8-18-4-2-3-5-19(18)14-29/h2-7,12-13,15,22,27,31H,8-11,14,16-17H2,1H3/t22-/m1/s1. The van der Waals surface area contributed by atoms with E-state index in [1.807, 2.05) is 25.4 Å². The number of anilines is 2. The molecule has 5 rings (SSSR count). The van der Waals surface area contributed by atoms with Crippen LogP contribution in [0.3, 0.4) is 0 Å². The molecule has 3 heterocycles. The second-order valence-corrected chi connectivity index (χ2v) is 8.75. The number of nitrogens with one attached hydrogen (secondary N) is 1. The number of aliphatic hydroxyl groups is 1. The molecular formula is C25H29N5O3. The van der Waals surface area contributed by atoms with E-state index in [4.69, 9.17) is 4.74 Å². The van der Waals surface area contributed by atoms with Crippen molar-refractivity contribution in [3.63, 3.8) is 0 Å². The number of aliphatic hydroxyl groups excluding tert-OH is 1. The molecule has 0 spiro atoms. The molecule has 2 aromatic carbocycles. The lowest BCUT2D eigenvalue weighted by Gasteiger charge is -2.32. The number of carbonyl (C=O) groups is 1. The van der Waals surface area contributed by atoms with Crippen LogP contribution in [0.5, 0.6) is 5.75 Å². The van der Waals surface area contributed by atoms with Crippen LogP contribution in [0.1, 0.15) is 21.5 Å². The maximum absolute atomic E-state index is 13.3. The smallest absolute Gasteiger partial charge is 0.257 e. The lowest BCUT2D eigenvalue weighted by Crippen LogP contribution is -2.44. The summed E-state index contributed by atoms with van der Waals surface area (Å²) in [5.41, 5.74) is 4.83. The number of β-amino-alcohol motifs (C(OH)–C–C–N with tert-alkyl or cyclic N) is 1. The first-order valence-electron chi connectivity index (χ1n) is 11.3. The fourth-order valence-corrected chi connectivity index (χ4v) is 4.59. The fourth-order valence-electron chi connectivity index (χ4n) is 4.59. The van der Waals surface area contributed by atoms with E-state index in [0.717, 1.165) is 30.9 Å². The maximum atomic E-state index is 13.3. The Hall–Kier alpha value is -3.36. The molecule has 0 radical (unpaired) electrons. The lowest BCUT2D eigenvalue weighted by atomic mass is 10.00. The molecule has 1 aromatic heterocycles. The van der Waals surface area contributed by atoms with Gasteiger partial charge in [0.1, 0.15) is 12.4 Å². The highest BCUT2D eigenvalue weighted by atomic mass is 16.5. The average molecular weight is 448 g/mol. The summed E-state index contributed by atoms with van der Waals surface area (Å²) < 4.78 is 7.54. The topological polar surface area (TPSA) is 82.9 Å². The minimum absolute atomic E-state index is 0.125. The first kappa shape index (κ1) is 21.5. The van der Waals surface area contributed by atoms with Gasteiger partial charge in [-0.25, -0.2) is 0 Å². The molecule has 172 valence electrons. The van der Waals surface area contributed by atoms with Crippen LogP contribution in [-0.2, 0) is 20.0 Å². The van der Waals surface area contributed by atoms with E-state index < -0.39 is 6.10 Å². The van der Waals surface area contributed by atoms with Crippen LogP contribution in [0.2, 0.25) is 0 Å². The molecule has 0 saturated carbocycles. The van der Waals surface area contributed by atoms with E-state index in [0.29, 0.717) is 31.0 Å². The molecular weight excluding hydrogens is 418 g/mol. The molecule has 2 N–H and O–H groups in total. The summed E-state index contributed by atoms with van der Waals surface area (Å²) >= 11 is 0. The summed E-state index contributed by atoms with van der Waals surface area (Å²) in [6.07, 6.45) is 3.95. The Morgan fingerprint density at radius 1 is 1.12 bits per heavy atom. The number of hydrogen-bond donors (Lipinski definition) is 2. The van der Waals surface area contributed by atoms with Gasteiger partial charge < -0.3 is 20.1 Å². The molecule has 1 atom stereocenters. The fraction of sp³-hybridized carbons (Fsp3) is 0.360. The van der Waals surface area contributed by atoms with Crippen molar-refractivity contribution in [1.82, 2.24) is 19.6 Å². The number of nitrogens with zero attached hydrogens (tertiary/aromatic N) is 4. The van der Waals surface area contributed by atoms with Crippen molar-refractivity contribution in [2.45, 2.75) is 19.1 Å². The van der Waals surface area contributed by atoms with Crippen molar-refractivity contribution >= 4 is 17.3 Å². The summed E-state index contributed by atoms with van der Waals surface area (Å²) in [4.78, 5) is 17.3. The predicted octanol–water partition coefficient (Wildman–Crippen LogP) is 2.42. The van der Waals surface area contributed by atoms with E-state index >= 15 is 0 Å². The number of aryl methyl sites for hydroxylation is 1. The van der Waals surface area contributed by atoms with Crippen molar-refractivity contribution in [3.8, 4) is 5.75 Å². The zero-order valence-electron chi connectivity index (χ0n) is 18.8. The van der Waals surface area contributed by atoms with Crippen LogP contribution in [0, 0.1) is 0 Å². The number of ether oxygens (including phenoxy) is 1. The van der Waals surface area contributed by atoms with Gasteiger partial charge in [-0.3, -0.25) is 14.4 Å². The van der Waals surface area contributed by atoms with Crippen LogP contribution in [-0.4, -0.2) is 69.5 Å². The van der Waals surface area contributed by atoms with E-state index in [2.05, 4.69) is 39.6 Å². The third-order valence-corrected chi connectivity index (χ3v) is 6.22. The van der Waals surface area contributed by atoms with E-state index in [-0.39, 0.29) is 12.5 Å². The summed E-state index contributed by atoms with van der Waals surface area (Å²) in [6.45, 7) is 3.40.